The molecule has 0 bridgehead atoms. The molecule has 8 rings (SSSR count). The number of para-hydroxylation sites is 4. The van der Waals surface area contributed by atoms with E-state index >= 15 is 0 Å². The third-order valence-corrected chi connectivity index (χ3v) is 7.73. The molecule has 6 heteroatoms. The predicted molar refractivity (Wildman–Crippen MR) is 165 cm³/mol. The van der Waals surface area contributed by atoms with E-state index in [1.54, 1.807) is 0 Å². The van der Waals surface area contributed by atoms with Crippen LogP contribution in [0.3, 0.4) is 0 Å². The average Bonchev–Trinajstić information content (AvgIpc) is 3.60. The lowest BCUT2D eigenvalue weighted by Gasteiger charge is -2.15. The maximum atomic E-state index is 6.38. The molecule has 6 nitrogen and oxygen atoms in total. The van der Waals surface area contributed by atoms with E-state index in [0.29, 0.717) is 11.6 Å². The molecule has 1 atom stereocenters. The van der Waals surface area contributed by atoms with E-state index in [9.17, 15) is 0 Å². The van der Waals surface area contributed by atoms with Gasteiger partial charge in [0.15, 0.2) is 11.6 Å². The zero-order chi connectivity index (χ0) is 27.3. The Labute approximate surface area is 235 Å². The van der Waals surface area contributed by atoms with Gasteiger partial charge in [-0.2, -0.15) is 9.97 Å². The first-order valence-corrected chi connectivity index (χ1v) is 13.7. The van der Waals surface area contributed by atoms with E-state index in [4.69, 9.17) is 19.7 Å². The molecule has 0 aliphatic heterocycles. The monoisotopic (exact) mass is 531 g/mol. The minimum atomic E-state index is -0.243. The predicted octanol–water partition coefficient (Wildman–Crippen LogP) is 8.61. The van der Waals surface area contributed by atoms with Crippen molar-refractivity contribution in [3.8, 4) is 28.8 Å². The Morgan fingerprint density at radius 1 is 0.512 bits per heavy atom. The van der Waals surface area contributed by atoms with Crippen LogP contribution in [0.5, 0.6) is 6.01 Å². The summed E-state index contributed by atoms with van der Waals surface area (Å²) in [5.74, 6) is 1.10. The first-order valence-electron chi connectivity index (χ1n) is 13.7. The highest BCUT2D eigenvalue weighted by atomic mass is 16.5. The van der Waals surface area contributed by atoms with Crippen LogP contribution in [-0.4, -0.2) is 24.9 Å². The van der Waals surface area contributed by atoms with Gasteiger partial charge >= 0.3 is 6.01 Å². The van der Waals surface area contributed by atoms with Crippen LogP contribution in [0.4, 0.5) is 0 Å². The zero-order valence-electron chi connectivity index (χ0n) is 22.3. The first-order chi connectivity index (χ1) is 20.2. The summed E-state index contributed by atoms with van der Waals surface area (Å²) < 4.78 is 6.38. The van der Waals surface area contributed by atoms with Gasteiger partial charge in [0.2, 0.25) is 0 Å². The van der Waals surface area contributed by atoms with E-state index < -0.39 is 0 Å². The number of aromatic amines is 2. The van der Waals surface area contributed by atoms with Crippen molar-refractivity contribution < 1.29 is 4.74 Å². The number of nitrogens with zero attached hydrogens (tertiary/aromatic N) is 3. The highest BCUT2D eigenvalue weighted by Crippen LogP contribution is 2.36. The Morgan fingerprint density at radius 2 is 1.00 bits per heavy atom. The quantitative estimate of drug-likeness (QED) is 0.233. The molecule has 3 heterocycles. The number of fused-ring (bicyclic) bond motifs is 6. The molecular formula is C35H25N5O. The lowest BCUT2D eigenvalue weighted by atomic mass is 10.1. The lowest BCUT2D eigenvalue weighted by molar-refractivity contribution is 0.207. The van der Waals surface area contributed by atoms with E-state index in [0.717, 1.165) is 60.3 Å². The average molecular weight is 532 g/mol. The number of rotatable bonds is 5. The SMILES string of the molecule is CC(Oc1nc(-c2cccc3c2[nH]c2ccccc23)nc(-c2cccc3c2[nH]c2ccccc23)n1)c1ccccc1. The van der Waals surface area contributed by atoms with Gasteiger partial charge in [-0.05, 0) is 36.8 Å². The zero-order valence-corrected chi connectivity index (χ0v) is 22.3. The van der Waals surface area contributed by atoms with Gasteiger partial charge in [0, 0.05) is 43.7 Å². The van der Waals surface area contributed by atoms with Crippen molar-refractivity contribution in [2.75, 3.05) is 0 Å². The van der Waals surface area contributed by atoms with Gasteiger partial charge in [-0.15, -0.1) is 0 Å². The summed E-state index contributed by atoms with van der Waals surface area (Å²) in [7, 11) is 0. The maximum Gasteiger partial charge on any atom is 0.321 e. The number of aromatic nitrogens is 5. The van der Waals surface area contributed by atoms with Gasteiger partial charge in [0.25, 0.3) is 0 Å². The molecule has 0 aliphatic carbocycles. The molecule has 41 heavy (non-hydrogen) atoms. The molecule has 0 spiro atoms. The topological polar surface area (TPSA) is 79.5 Å². The summed E-state index contributed by atoms with van der Waals surface area (Å²) in [6.07, 6.45) is -0.243. The Hall–Kier alpha value is -5.49. The van der Waals surface area contributed by atoms with E-state index in [1.807, 2.05) is 73.7 Å². The van der Waals surface area contributed by atoms with Crippen molar-refractivity contribution in [3.05, 3.63) is 121 Å². The molecule has 5 aromatic carbocycles. The molecule has 0 saturated heterocycles. The van der Waals surface area contributed by atoms with Crippen LogP contribution in [-0.2, 0) is 0 Å². The van der Waals surface area contributed by atoms with Crippen LogP contribution in [0.2, 0.25) is 0 Å². The molecule has 0 aliphatic rings. The van der Waals surface area contributed by atoms with Gasteiger partial charge in [0.05, 0.1) is 11.0 Å². The molecule has 0 fully saturated rings. The van der Waals surface area contributed by atoms with Gasteiger partial charge < -0.3 is 14.7 Å². The molecule has 196 valence electrons. The largest absolute Gasteiger partial charge is 0.455 e. The highest BCUT2D eigenvalue weighted by Gasteiger charge is 2.19. The molecule has 2 N–H and O–H groups in total. The van der Waals surface area contributed by atoms with Gasteiger partial charge in [-0.25, -0.2) is 4.98 Å². The van der Waals surface area contributed by atoms with Crippen molar-refractivity contribution in [3.63, 3.8) is 0 Å². The van der Waals surface area contributed by atoms with Crippen molar-refractivity contribution in [2.45, 2.75) is 13.0 Å². The maximum absolute atomic E-state index is 6.38. The second-order valence-corrected chi connectivity index (χ2v) is 10.2. The standard InChI is InChI=1S/C35H25N5O/c1-21(22-11-3-2-4-12-22)41-35-39-33(27-17-9-15-25-23-13-5-7-19-29(23)36-31(25)27)38-34(40-35)28-18-10-16-26-24-14-6-8-20-30(24)37-32(26)28/h2-21,36-37H,1H3. The van der Waals surface area contributed by atoms with Crippen LogP contribution in [0.1, 0.15) is 18.6 Å². The smallest absolute Gasteiger partial charge is 0.321 e. The van der Waals surface area contributed by atoms with Gasteiger partial charge in [0.1, 0.15) is 6.10 Å². The van der Waals surface area contributed by atoms with Crippen LogP contribution >= 0.6 is 0 Å². The van der Waals surface area contributed by atoms with Gasteiger partial charge in [-0.1, -0.05) is 91.0 Å². The summed E-state index contributed by atoms with van der Waals surface area (Å²) in [5, 5.41) is 4.57. The van der Waals surface area contributed by atoms with Crippen molar-refractivity contribution in [1.29, 1.82) is 0 Å². The van der Waals surface area contributed by atoms with Crippen molar-refractivity contribution >= 4 is 43.6 Å². The normalized spacial score (nSPS) is 12.4. The molecule has 8 aromatic rings. The van der Waals surface area contributed by atoms with E-state index in [-0.39, 0.29) is 12.1 Å². The highest BCUT2D eigenvalue weighted by molar-refractivity contribution is 6.12. The summed E-state index contributed by atoms with van der Waals surface area (Å²) in [6.45, 7) is 2.01. The van der Waals surface area contributed by atoms with Gasteiger partial charge in [-0.3, -0.25) is 0 Å². The Bertz CT molecular complexity index is 2080. The summed E-state index contributed by atoms with van der Waals surface area (Å²) >= 11 is 0. The van der Waals surface area contributed by atoms with Crippen LogP contribution in [0.25, 0.3) is 66.4 Å². The number of hydrogen-bond donors (Lipinski definition) is 2. The molecule has 0 amide bonds. The number of nitrogens with one attached hydrogen (secondary N) is 2. The molecule has 0 saturated carbocycles. The first kappa shape index (κ1) is 23.4. The summed E-state index contributed by atoms with van der Waals surface area (Å²) in [6, 6.07) is 39.4. The van der Waals surface area contributed by atoms with Crippen LogP contribution < -0.4 is 4.74 Å². The number of ether oxygens (including phenoxy) is 1. The van der Waals surface area contributed by atoms with E-state index in [2.05, 4.69) is 58.5 Å². The van der Waals surface area contributed by atoms with Crippen LogP contribution in [0, 0.1) is 0 Å². The molecule has 1 unspecified atom stereocenters. The third-order valence-electron chi connectivity index (χ3n) is 7.73. The fourth-order valence-electron chi connectivity index (χ4n) is 5.72. The van der Waals surface area contributed by atoms with Crippen molar-refractivity contribution in [2.24, 2.45) is 0 Å². The second kappa shape index (κ2) is 9.31. The Kier molecular flexibility index (Phi) is 5.32. The Morgan fingerprint density at radius 3 is 1.56 bits per heavy atom. The fourth-order valence-corrected chi connectivity index (χ4v) is 5.72. The molecular weight excluding hydrogens is 506 g/mol. The fraction of sp³-hybridized carbons (Fsp3) is 0.0571. The Balaban J connectivity index is 1.35. The number of benzene rings is 5. The number of H-pyrrole nitrogens is 2. The third kappa shape index (κ3) is 3.92. The summed E-state index contributed by atoms with van der Waals surface area (Å²) in [4.78, 5) is 22.0. The summed E-state index contributed by atoms with van der Waals surface area (Å²) in [5.41, 5.74) is 6.94. The van der Waals surface area contributed by atoms with Crippen LogP contribution in [0.15, 0.2) is 115 Å². The minimum absolute atomic E-state index is 0.243. The number of hydrogen-bond acceptors (Lipinski definition) is 4. The van der Waals surface area contributed by atoms with Crippen molar-refractivity contribution in [1.82, 2.24) is 24.9 Å². The molecule has 3 aromatic heterocycles. The lowest BCUT2D eigenvalue weighted by Crippen LogP contribution is -2.08. The molecule has 0 radical (unpaired) electrons. The second-order valence-electron chi connectivity index (χ2n) is 10.2. The minimum Gasteiger partial charge on any atom is -0.455 e. The van der Waals surface area contributed by atoms with E-state index in [1.165, 1.54) is 0 Å².